The van der Waals surface area contributed by atoms with Gasteiger partial charge in [0.1, 0.15) is 0 Å². The second-order valence-corrected chi connectivity index (χ2v) is 6.57. The highest BCUT2D eigenvalue weighted by molar-refractivity contribution is 8.02. The van der Waals surface area contributed by atoms with Crippen molar-refractivity contribution >= 4 is 45.8 Å². The summed E-state index contributed by atoms with van der Waals surface area (Å²) in [5.41, 5.74) is 0.679. The number of aromatic nitrogens is 1. The average molecular weight is 335 g/mol. The smallest absolute Gasteiger partial charge is 0.353 e. The topological polar surface area (TPSA) is 80.3 Å². The number of hydrogen-bond donors (Lipinski definition) is 2. The molecule has 0 unspecified atom stereocenters. The van der Waals surface area contributed by atoms with Gasteiger partial charge in [-0.15, -0.1) is 11.3 Å². The number of nitrogens with zero attached hydrogens (tertiary/aromatic N) is 1. The Morgan fingerprint density at radius 2 is 2.27 bits per heavy atom. The average Bonchev–Trinajstić information content (AvgIpc) is 3.01. The van der Waals surface area contributed by atoms with Gasteiger partial charge < -0.3 is 15.4 Å². The molecule has 0 aliphatic carbocycles. The lowest BCUT2D eigenvalue weighted by molar-refractivity contribution is -0.147. The molecular weight excluding hydrogens is 322 g/mol. The fourth-order valence-corrected chi connectivity index (χ4v) is 3.80. The molecule has 114 valence electrons. The van der Waals surface area contributed by atoms with Crippen molar-refractivity contribution in [3.05, 3.63) is 35.8 Å². The number of benzene rings is 1. The monoisotopic (exact) mass is 335 g/mol. The van der Waals surface area contributed by atoms with E-state index in [1.165, 1.54) is 11.3 Å². The van der Waals surface area contributed by atoms with Gasteiger partial charge in [0.2, 0.25) is 0 Å². The Labute approximate surface area is 135 Å². The van der Waals surface area contributed by atoms with Crippen LogP contribution in [0.1, 0.15) is 6.92 Å². The number of carbonyl (C=O) groups is 2. The third-order valence-electron chi connectivity index (χ3n) is 3.00. The van der Waals surface area contributed by atoms with Gasteiger partial charge in [-0.1, -0.05) is 23.9 Å². The van der Waals surface area contributed by atoms with Gasteiger partial charge in [0.25, 0.3) is 10.8 Å². The van der Waals surface area contributed by atoms with Crippen LogP contribution in [0.15, 0.2) is 40.7 Å². The molecule has 0 spiro atoms. The van der Waals surface area contributed by atoms with Crippen molar-refractivity contribution in [3.8, 4) is 0 Å². The first-order valence-electron chi connectivity index (χ1n) is 6.60. The van der Waals surface area contributed by atoms with Gasteiger partial charge in [-0.05, 0) is 19.1 Å². The van der Waals surface area contributed by atoms with E-state index in [0.717, 1.165) is 16.7 Å². The highest BCUT2D eigenvalue weighted by Crippen LogP contribution is 2.43. The van der Waals surface area contributed by atoms with Crippen LogP contribution in [-0.2, 0) is 14.3 Å². The second-order valence-electron chi connectivity index (χ2n) is 4.42. The van der Waals surface area contributed by atoms with E-state index in [0.29, 0.717) is 10.8 Å². The van der Waals surface area contributed by atoms with Crippen LogP contribution >= 0.6 is 23.1 Å². The number of carbonyl (C=O) groups excluding carboxylic acids is 2. The number of thiazole rings is 1. The standard InChI is InChI=1S/C14H13N3O3S2/c1-2-20-12(19)14(17-13-15-7-8-21-13)11(18)16-9-5-3-4-6-10(9)22-14/h3-8H,2H2,1H3,(H,15,17)(H,16,18)/t14-/m0/s1. The van der Waals surface area contributed by atoms with E-state index in [9.17, 15) is 9.59 Å². The molecule has 0 fully saturated rings. The van der Waals surface area contributed by atoms with E-state index in [-0.39, 0.29) is 6.61 Å². The summed E-state index contributed by atoms with van der Waals surface area (Å²) in [5, 5.41) is 7.94. The summed E-state index contributed by atoms with van der Waals surface area (Å²) >= 11 is 2.44. The molecule has 0 radical (unpaired) electrons. The number of esters is 1. The Hall–Kier alpha value is -2.06. The summed E-state index contributed by atoms with van der Waals surface area (Å²) in [7, 11) is 0. The van der Waals surface area contributed by atoms with Crippen molar-refractivity contribution in [2.45, 2.75) is 16.7 Å². The third-order valence-corrected chi connectivity index (χ3v) is 5.02. The molecule has 1 amide bonds. The van der Waals surface area contributed by atoms with E-state index in [4.69, 9.17) is 4.74 Å². The molecule has 1 aromatic heterocycles. The molecule has 2 aromatic rings. The zero-order chi connectivity index (χ0) is 15.6. The van der Waals surface area contributed by atoms with Crippen LogP contribution in [0.3, 0.4) is 0 Å². The van der Waals surface area contributed by atoms with Crippen LogP contribution in [-0.4, -0.2) is 28.3 Å². The maximum absolute atomic E-state index is 12.6. The molecule has 2 heterocycles. The van der Waals surface area contributed by atoms with E-state index in [1.54, 1.807) is 24.6 Å². The fraction of sp³-hybridized carbons (Fsp3) is 0.214. The highest BCUT2D eigenvalue weighted by atomic mass is 32.2. The fourth-order valence-electron chi connectivity index (χ4n) is 2.02. The molecule has 3 rings (SSSR count). The zero-order valence-electron chi connectivity index (χ0n) is 11.7. The second kappa shape index (κ2) is 5.98. The molecule has 1 aliphatic rings. The Balaban J connectivity index is 2.02. The van der Waals surface area contributed by atoms with E-state index in [2.05, 4.69) is 15.6 Å². The number of hydrogen-bond acceptors (Lipinski definition) is 7. The van der Waals surface area contributed by atoms with Crippen LogP contribution in [0.25, 0.3) is 0 Å². The quantitative estimate of drug-likeness (QED) is 0.660. The molecule has 22 heavy (non-hydrogen) atoms. The summed E-state index contributed by atoms with van der Waals surface area (Å²) in [4.78, 5) is 28.4. The predicted octanol–water partition coefficient (Wildman–Crippen LogP) is 2.56. The molecule has 2 N–H and O–H groups in total. The van der Waals surface area contributed by atoms with Crippen LogP contribution in [0, 0.1) is 0 Å². The number of anilines is 2. The normalized spacial score (nSPS) is 20.0. The van der Waals surface area contributed by atoms with E-state index < -0.39 is 16.7 Å². The molecule has 0 bridgehead atoms. The van der Waals surface area contributed by atoms with Crippen molar-refractivity contribution in [3.63, 3.8) is 0 Å². The lowest BCUT2D eigenvalue weighted by Crippen LogP contribution is -2.55. The summed E-state index contributed by atoms with van der Waals surface area (Å²) in [5.74, 6) is -1.10. The van der Waals surface area contributed by atoms with Gasteiger partial charge in [0, 0.05) is 16.5 Å². The number of thioether (sulfide) groups is 1. The van der Waals surface area contributed by atoms with Crippen molar-refractivity contribution in [1.82, 2.24) is 4.98 Å². The Kier molecular flexibility index (Phi) is 4.04. The minimum absolute atomic E-state index is 0.190. The number of amides is 1. The van der Waals surface area contributed by atoms with E-state index in [1.807, 2.05) is 18.2 Å². The van der Waals surface area contributed by atoms with Crippen molar-refractivity contribution in [1.29, 1.82) is 0 Å². The van der Waals surface area contributed by atoms with Crippen molar-refractivity contribution in [2.75, 3.05) is 17.2 Å². The largest absolute Gasteiger partial charge is 0.463 e. The number of fused-ring (bicyclic) bond motifs is 1. The SMILES string of the molecule is CCOC(=O)[C@@]1(Nc2nccs2)Sc2ccccc2NC1=O. The molecular formula is C14H13N3O3S2. The van der Waals surface area contributed by atoms with Gasteiger partial charge in [-0.25, -0.2) is 9.78 Å². The number of nitrogens with one attached hydrogen (secondary N) is 2. The Morgan fingerprint density at radius 1 is 1.45 bits per heavy atom. The minimum atomic E-state index is -1.58. The first kappa shape index (κ1) is 14.9. The lowest BCUT2D eigenvalue weighted by atomic mass is 10.2. The van der Waals surface area contributed by atoms with Gasteiger partial charge in [0.05, 0.1) is 12.3 Å². The van der Waals surface area contributed by atoms with Crippen LogP contribution < -0.4 is 10.6 Å². The first-order valence-corrected chi connectivity index (χ1v) is 8.29. The third kappa shape index (κ3) is 2.55. The molecule has 1 aromatic carbocycles. The zero-order valence-corrected chi connectivity index (χ0v) is 13.3. The van der Waals surface area contributed by atoms with Crippen LogP contribution in [0.4, 0.5) is 10.8 Å². The molecule has 1 aliphatic heterocycles. The van der Waals surface area contributed by atoms with Crippen LogP contribution in [0.5, 0.6) is 0 Å². The van der Waals surface area contributed by atoms with E-state index >= 15 is 0 Å². The lowest BCUT2D eigenvalue weighted by Gasteiger charge is -2.34. The van der Waals surface area contributed by atoms with Gasteiger partial charge in [-0.2, -0.15) is 0 Å². The van der Waals surface area contributed by atoms with Crippen molar-refractivity contribution < 1.29 is 14.3 Å². The summed E-state index contributed by atoms with van der Waals surface area (Å²) in [6, 6.07) is 7.31. The number of ether oxygens (including phenoxy) is 1. The van der Waals surface area contributed by atoms with Gasteiger partial charge >= 0.3 is 5.97 Å². The molecule has 6 nitrogen and oxygen atoms in total. The minimum Gasteiger partial charge on any atom is -0.463 e. The maximum atomic E-state index is 12.6. The Bertz CT molecular complexity index is 705. The summed E-state index contributed by atoms with van der Waals surface area (Å²) in [6.07, 6.45) is 1.60. The Morgan fingerprint density at radius 3 is 3.00 bits per heavy atom. The highest BCUT2D eigenvalue weighted by Gasteiger charge is 2.52. The molecule has 1 atom stereocenters. The number of para-hydroxylation sites is 1. The van der Waals surface area contributed by atoms with Crippen molar-refractivity contribution in [2.24, 2.45) is 0 Å². The summed E-state index contributed by atoms with van der Waals surface area (Å²) < 4.78 is 5.11. The summed E-state index contributed by atoms with van der Waals surface area (Å²) in [6.45, 7) is 1.89. The van der Waals surface area contributed by atoms with Crippen LogP contribution in [0.2, 0.25) is 0 Å². The van der Waals surface area contributed by atoms with Gasteiger partial charge in [0.15, 0.2) is 5.13 Å². The first-order chi connectivity index (χ1) is 10.7. The molecule has 8 heteroatoms. The maximum Gasteiger partial charge on any atom is 0.353 e. The molecule has 0 saturated carbocycles. The predicted molar refractivity (Wildman–Crippen MR) is 86.0 cm³/mol. The number of rotatable bonds is 4. The molecule has 0 saturated heterocycles. The van der Waals surface area contributed by atoms with Gasteiger partial charge in [-0.3, -0.25) is 4.79 Å².